The van der Waals surface area contributed by atoms with Gasteiger partial charge in [0.1, 0.15) is 0 Å². The van der Waals surface area contributed by atoms with E-state index in [1.165, 1.54) is 99.1 Å². The molecule has 0 amide bonds. The highest BCUT2D eigenvalue weighted by molar-refractivity contribution is 7.92. The van der Waals surface area contributed by atoms with Gasteiger partial charge in [-0.1, -0.05) is 98.6 Å². The van der Waals surface area contributed by atoms with Crippen molar-refractivity contribution in [2.45, 2.75) is 66.2 Å². The van der Waals surface area contributed by atoms with Gasteiger partial charge in [-0.15, -0.1) is 0 Å². The monoisotopic (exact) mass is 551 g/mol. The zero-order valence-electron chi connectivity index (χ0n) is 25.2. The SMILES string of the molecule is CCCCCc1ccc(-c2ccc(-c3ccc(-c4ccc(CCCN(C)SOC)cc4C)c(C)c3)c(C)c2)cc1. The van der Waals surface area contributed by atoms with Crippen molar-refractivity contribution in [2.75, 3.05) is 20.7 Å². The van der Waals surface area contributed by atoms with Gasteiger partial charge in [0.25, 0.3) is 0 Å². The van der Waals surface area contributed by atoms with Crippen LogP contribution in [0.4, 0.5) is 0 Å². The zero-order valence-corrected chi connectivity index (χ0v) is 26.0. The van der Waals surface area contributed by atoms with Crippen molar-refractivity contribution < 1.29 is 4.18 Å². The first-order chi connectivity index (χ1) is 19.4. The molecule has 0 aliphatic rings. The largest absolute Gasteiger partial charge is 0.304 e. The minimum atomic E-state index is 1.01. The average molecular weight is 552 g/mol. The quantitative estimate of drug-likeness (QED) is 0.0931. The molecule has 0 fully saturated rings. The molecule has 0 bridgehead atoms. The van der Waals surface area contributed by atoms with Crippen LogP contribution < -0.4 is 0 Å². The molecule has 0 atom stereocenters. The summed E-state index contributed by atoms with van der Waals surface area (Å²) in [7, 11) is 3.78. The Morgan fingerprint density at radius 2 is 1.15 bits per heavy atom. The van der Waals surface area contributed by atoms with Crippen LogP contribution in [0.1, 0.15) is 60.4 Å². The molecule has 0 heterocycles. The van der Waals surface area contributed by atoms with Crippen LogP contribution in [0.25, 0.3) is 33.4 Å². The van der Waals surface area contributed by atoms with E-state index in [2.05, 4.69) is 118 Å². The van der Waals surface area contributed by atoms with E-state index < -0.39 is 0 Å². The van der Waals surface area contributed by atoms with Crippen LogP contribution >= 0.6 is 12.2 Å². The Hall–Kier alpha value is -2.85. The van der Waals surface area contributed by atoms with Gasteiger partial charge < -0.3 is 4.18 Å². The van der Waals surface area contributed by atoms with E-state index in [9.17, 15) is 0 Å². The first kappa shape index (κ1) is 30.1. The molecule has 4 rings (SSSR count). The third-order valence-corrected chi connectivity index (χ3v) is 8.43. The molecule has 210 valence electrons. The fraction of sp³-hybridized carbons (Fsp3) is 0.351. The molecular weight excluding hydrogens is 506 g/mol. The lowest BCUT2D eigenvalue weighted by molar-refractivity contribution is 0.431. The summed E-state index contributed by atoms with van der Waals surface area (Å²) in [6.45, 7) is 9.97. The molecule has 2 nitrogen and oxygen atoms in total. The molecule has 0 radical (unpaired) electrons. The molecule has 3 heteroatoms. The fourth-order valence-corrected chi connectivity index (χ4v) is 6.06. The van der Waals surface area contributed by atoms with Gasteiger partial charge in [-0.3, -0.25) is 0 Å². The van der Waals surface area contributed by atoms with Gasteiger partial charge in [0.2, 0.25) is 0 Å². The standard InChI is InChI=1S/C37H45NOS/c1-7-8-9-11-30-13-16-32(17-14-30)33-18-21-35(28(3)25-33)34-19-22-37(29(4)26-34)36-20-15-31(24-27(36)2)12-10-23-38(5)40-39-6/h13-22,24-26H,7-12,23H2,1-6H3. The topological polar surface area (TPSA) is 12.5 Å². The molecule has 0 saturated carbocycles. The fourth-order valence-electron chi connectivity index (χ4n) is 5.60. The number of aryl methyl sites for hydroxylation is 5. The van der Waals surface area contributed by atoms with Gasteiger partial charge >= 0.3 is 0 Å². The molecule has 4 aromatic carbocycles. The van der Waals surface area contributed by atoms with Gasteiger partial charge in [-0.05, 0) is 115 Å². The lowest BCUT2D eigenvalue weighted by atomic mass is 9.90. The third kappa shape index (κ3) is 7.87. The van der Waals surface area contributed by atoms with Crippen LogP contribution in [-0.2, 0) is 17.0 Å². The molecule has 0 aromatic heterocycles. The van der Waals surface area contributed by atoms with Gasteiger partial charge in [0.05, 0.1) is 19.3 Å². The molecule has 0 aliphatic heterocycles. The highest BCUT2D eigenvalue weighted by Gasteiger charge is 2.11. The third-order valence-electron chi connectivity index (χ3n) is 7.84. The molecular formula is C37H45NOS. The second-order valence-corrected chi connectivity index (χ2v) is 12.2. The molecule has 0 N–H and O–H groups in total. The second kappa shape index (κ2) is 14.7. The molecule has 0 spiro atoms. The summed E-state index contributed by atoms with van der Waals surface area (Å²) in [5, 5.41) is 0. The lowest BCUT2D eigenvalue weighted by Gasteiger charge is -2.15. The van der Waals surface area contributed by atoms with Crippen molar-refractivity contribution in [3.05, 3.63) is 107 Å². The Kier molecular flexibility index (Phi) is 11.1. The van der Waals surface area contributed by atoms with Crippen LogP contribution in [-0.4, -0.2) is 25.0 Å². The van der Waals surface area contributed by atoms with E-state index in [4.69, 9.17) is 4.18 Å². The Morgan fingerprint density at radius 1 is 0.600 bits per heavy atom. The first-order valence-electron chi connectivity index (χ1n) is 14.7. The average Bonchev–Trinajstić information content (AvgIpc) is 2.94. The maximum Gasteiger partial charge on any atom is 0.0813 e. The van der Waals surface area contributed by atoms with E-state index in [0.717, 1.165) is 19.4 Å². The lowest BCUT2D eigenvalue weighted by Crippen LogP contribution is -2.11. The highest BCUT2D eigenvalue weighted by atomic mass is 32.2. The summed E-state index contributed by atoms with van der Waals surface area (Å²) in [5.41, 5.74) is 14.6. The number of nitrogens with zero attached hydrogens (tertiary/aromatic N) is 1. The van der Waals surface area contributed by atoms with E-state index in [1.807, 2.05) is 0 Å². The summed E-state index contributed by atoms with van der Waals surface area (Å²) in [6, 6.07) is 29.9. The number of unbranched alkanes of at least 4 members (excludes halogenated alkanes) is 2. The molecule has 4 aromatic rings. The van der Waals surface area contributed by atoms with Crippen LogP contribution in [0.2, 0.25) is 0 Å². The van der Waals surface area contributed by atoms with Crippen LogP contribution in [0.15, 0.2) is 78.9 Å². The maximum atomic E-state index is 5.13. The predicted octanol–water partition coefficient (Wildman–Crippen LogP) is 10.4. The predicted molar refractivity (Wildman–Crippen MR) is 176 cm³/mol. The van der Waals surface area contributed by atoms with Crippen molar-refractivity contribution in [1.82, 2.24) is 4.31 Å². The summed E-state index contributed by atoms with van der Waals surface area (Å²) in [5.74, 6) is 0. The summed E-state index contributed by atoms with van der Waals surface area (Å²) in [4.78, 5) is 0. The Balaban J connectivity index is 1.46. The van der Waals surface area contributed by atoms with E-state index >= 15 is 0 Å². The van der Waals surface area contributed by atoms with E-state index in [-0.39, 0.29) is 0 Å². The number of hydrogen-bond donors (Lipinski definition) is 0. The Bertz CT molecular complexity index is 1390. The zero-order chi connectivity index (χ0) is 28.5. The number of benzene rings is 4. The van der Waals surface area contributed by atoms with Crippen molar-refractivity contribution in [3.63, 3.8) is 0 Å². The van der Waals surface area contributed by atoms with E-state index in [1.54, 1.807) is 7.11 Å². The van der Waals surface area contributed by atoms with Crippen molar-refractivity contribution in [3.8, 4) is 33.4 Å². The van der Waals surface area contributed by atoms with Gasteiger partial charge in [0.15, 0.2) is 0 Å². The van der Waals surface area contributed by atoms with Gasteiger partial charge in [-0.2, -0.15) is 0 Å². The Labute approximate surface area is 247 Å². The molecule has 40 heavy (non-hydrogen) atoms. The second-order valence-electron chi connectivity index (χ2n) is 11.1. The Morgan fingerprint density at radius 3 is 1.80 bits per heavy atom. The number of rotatable bonds is 13. The summed E-state index contributed by atoms with van der Waals surface area (Å²) in [6.07, 6.45) is 7.22. The van der Waals surface area contributed by atoms with Crippen LogP contribution in [0.3, 0.4) is 0 Å². The minimum Gasteiger partial charge on any atom is -0.304 e. The van der Waals surface area contributed by atoms with Gasteiger partial charge in [0, 0.05) is 6.54 Å². The van der Waals surface area contributed by atoms with Crippen molar-refractivity contribution >= 4 is 12.2 Å². The normalized spacial score (nSPS) is 11.4. The molecule has 0 saturated heterocycles. The van der Waals surface area contributed by atoms with Crippen molar-refractivity contribution in [2.24, 2.45) is 0 Å². The summed E-state index contributed by atoms with van der Waals surface area (Å²) >= 11 is 1.41. The van der Waals surface area contributed by atoms with Gasteiger partial charge in [-0.25, -0.2) is 4.31 Å². The minimum absolute atomic E-state index is 1.01. The maximum absolute atomic E-state index is 5.13. The van der Waals surface area contributed by atoms with Crippen molar-refractivity contribution in [1.29, 1.82) is 0 Å². The molecule has 0 aliphatic carbocycles. The first-order valence-corrected chi connectivity index (χ1v) is 15.4. The summed E-state index contributed by atoms with van der Waals surface area (Å²) < 4.78 is 7.26. The van der Waals surface area contributed by atoms with E-state index in [0.29, 0.717) is 0 Å². The molecule has 0 unspecified atom stereocenters. The van der Waals surface area contributed by atoms with Crippen LogP contribution in [0.5, 0.6) is 0 Å². The highest BCUT2D eigenvalue weighted by Crippen LogP contribution is 2.34. The number of hydrogen-bond acceptors (Lipinski definition) is 3. The van der Waals surface area contributed by atoms with Crippen LogP contribution in [0, 0.1) is 20.8 Å². The smallest absolute Gasteiger partial charge is 0.0813 e.